The van der Waals surface area contributed by atoms with E-state index in [0.29, 0.717) is 32.1 Å². The highest BCUT2D eigenvalue weighted by molar-refractivity contribution is 5.75. The zero-order valence-corrected chi connectivity index (χ0v) is 12.9. The summed E-state index contributed by atoms with van der Waals surface area (Å²) in [5.41, 5.74) is 0. The number of hydrogen-bond acceptors (Lipinski definition) is 5. The van der Waals surface area contributed by atoms with Crippen molar-refractivity contribution in [1.82, 2.24) is 5.32 Å². The number of carbonyl (C=O) groups excluding carboxylic acids is 1. The molecule has 0 bridgehead atoms. The van der Waals surface area contributed by atoms with Crippen molar-refractivity contribution >= 4 is 5.97 Å². The lowest BCUT2D eigenvalue weighted by molar-refractivity contribution is -0.145. The third-order valence-corrected chi connectivity index (χ3v) is 2.67. The number of ether oxygens (including phenoxy) is 3. The lowest BCUT2D eigenvalue weighted by Gasteiger charge is -2.21. The monoisotopic (exact) mass is 275 g/mol. The van der Waals surface area contributed by atoms with Crippen molar-refractivity contribution in [2.45, 2.75) is 52.9 Å². The molecule has 0 aliphatic rings. The van der Waals surface area contributed by atoms with E-state index < -0.39 is 0 Å². The Morgan fingerprint density at radius 1 is 1.16 bits per heavy atom. The largest absolute Gasteiger partial charge is 0.468 e. The van der Waals surface area contributed by atoms with Gasteiger partial charge >= 0.3 is 5.97 Å². The predicted octanol–water partition coefficient (Wildman–Crippen LogP) is 1.95. The van der Waals surface area contributed by atoms with E-state index >= 15 is 0 Å². The molecule has 0 saturated carbocycles. The van der Waals surface area contributed by atoms with E-state index in [-0.39, 0.29) is 18.3 Å². The first-order valence-electron chi connectivity index (χ1n) is 7.09. The number of nitrogens with one attached hydrogen (secondary N) is 1. The van der Waals surface area contributed by atoms with Gasteiger partial charge in [0.15, 0.2) is 6.29 Å². The summed E-state index contributed by atoms with van der Waals surface area (Å²) in [5, 5.41) is 3.21. The average molecular weight is 275 g/mol. The summed E-state index contributed by atoms with van der Waals surface area (Å²) in [5.74, 6) is 0.226. The van der Waals surface area contributed by atoms with E-state index in [0.717, 1.165) is 6.42 Å². The second-order valence-electron chi connectivity index (χ2n) is 4.79. The molecule has 0 heterocycles. The van der Waals surface area contributed by atoms with Crippen LogP contribution in [0.25, 0.3) is 0 Å². The molecule has 5 nitrogen and oxygen atoms in total. The highest BCUT2D eigenvalue weighted by Crippen LogP contribution is 2.07. The summed E-state index contributed by atoms with van der Waals surface area (Å²) in [4.78, 5) is 11.6. The Labute approximate surface area is 117 Å². The van der Waals surface area contributed by atoms with E-state index in [1.165, 1.54) is 7.11 Å². The van der Waals surface area contributed by atoms with Crippen molar-refractivity contribution in [1.29, 1.82) is 0 Å². The van der Waals surface area contributed by atoms with Crippen LogP contribution in [0.4, 0.5) is 0 Å². The van der Waals surface area contributed by atoms with Crippen molar-refractivity contribution in [3.05, 3.63) is 0 Å². The van der Waals surface area contributed by atoms with E-state index in [4.69, 9.17) is 14.2 Å². The van der Waals surface area contributed by atoms with Gasteiger partial charge in [-0.15, -0.1) is 0 Å². The van der Waals surface area contributed by atoms with Gasteiger partial charge in [0.2, 0.25) is 0 Å². The Morgan fingerprint density at radius 2 is 1.74 bits per heavy atom. The number of hydrogen-bond donors (Lipinski definition) is 1. The van der Waals surface area contributed by atoms with E-state index in [2.05, 4.69) is 19.2 Å². The number of carbonyl (C=O) groups is 1. The molecule has 1 unspecified atom stereocenters. The normalized spacial score (nSPS) is 13.0. The maximum Gasteiger partial charge on any atom is 0.322 e. The molecule has 1 atom stereocenters. The smallest absolute Gasteiger partial charge is 0.322 e. The Morgan fingerprint density at radius 3 is 2.16 bits per heavy atom. The quantitative estimate of drug-likeness (QED) is 0.461. The van der Waals surface area contributed by atoms with Gasteiger partial charge in [0, 0.05) is 26.2 Å². The molecule has 0 aromatic rings. The summed E-state index contributed by atoms with van der Waals surface area (Å²) in [6.07, 6.45) is 1.27. The molecule has 0 radical (unpaired) electrons. The molecule has 0 aromatic heterocycles. The number of rotatable bonds is 11. The molecule has 19 heavy (non-hydrogen) atoms. The maximum absolute atomic E-state index is 11.6. The molecular formula is C14H29NO4. The highest BCUT2D eigenvalue weighted by atomic mass is 16.7. The first-order chi connectivity index (χ1) is 9.04. The van der Waals surface area contributed by atoms with Crippen LogP contribution in [0, 0.1) is 5.92 Å². The fraction of sp³-hybridized carbons (Fsp3) is 0.929. The van der Waals surface area contributed by atoms with Crippen LogP contribution in [0.2, 0.25) is 0 Å². The Balaban J connectivity index is 4.11. The first kappa shape index (κ1) is 18.4. The van der Waals surface area contributed by atoms with Gasteiger partial charge in [-0.2, -0.15) is 0 Å². The number of esters is 1. The third kappa shape index (κ3) is 8.97. The van der Waals surface area contributed by atoms with Gasteiger partial charge in [-0.1, -0.05) is 13.8 Å². The molecule has 0 aliphatic carbocycles. The lowest BCUT2D eigenvalue weighted by atomic mass is 10.0. The van der Waals surface area contributed by atoms with Crippen molar-refractivity contribution in [3.63, 3.8) is 0 Å². The van der Waals surface area contributed by atoms with Gasteiger partial charge in [0.1, 0.15) is 6.04 Å². The molecule has 114 valence electrons. The maximum atomic E-state index is 11.6. The SMILES string of the molecule is CCOC(CCNC(CC(C)C)C(=O)OC)OCC. The summed E-state index contributed by atoms with van der Waals surface area (Å²) < 4.78 is 15.7. The van der Waals surface area contributed by atoms with Crippen LogP contribution < -0.4 is 5.32 Å². The van der Waals surface area contributed by atoms with Crippen LogP contribution in [0.15, 0.2) is 0 Å². The molecule has 0 aliphatic heterocycles. The minimum absolute atomic E-state index is 0.208. The summed E-state index contributed by atoms with van der Waals surface area (Å²) in [7, 11) is 1.42. The molecule has 0 amide bonds. The second kappa shape index (κ2) is 11.2. The van der Waals surface area contributed by atoms with Crippen molar-refractivity contribution in [2.75, 3.05) is 26.9 Å². The van der Waals surface area contributed by atoms with Crippen molar-refractivity contribution < 1.29 is 19.0 Å². The summed E-state index contributed by atoms with van der Waals surface area (Å²) >= 11 is 0. The molecule has 0 rings (SSSR count). The first-order valence-corrected chi connectivity index (χ1v) is 7.09. The van der Waals surface area contributed by atoms with Crippen LogP contribution in [0.1, 0.15) is 40.5 Å². The van der Waals surface area contributed by atoms with Crippen LogP contribution in [0.5, 0.6) is 0 Å². The molecule has 0 saturated heterocycles. The molecule has 0 spiro atoms. The van der Waals surface area contributed by atoms with Crippen LogP contribution in [0.3, 0.4) is 0 Å². The van der Waals surface area contributed by atoms with Crippen LogP contribution in [-0.4, -0.2) is 45.2 Å². The van der Waals surface area contributed by atoms with Gasteiger partial charge in [0.05, 0.1) is 7.11 Å². The fourth-order valence-corrected chi connectivity index (χ4v) is 1.84. The molecule has 5 heteroatoms. The molecule has 0 fully saturated rings. The topological polar surface area (TPSA) is 56.8 Å². The second-order valence-corrected chi connectivity index (χ2v) is 4.79. The van der Waals surface area contributed by atoms with Gasteiger partial charge in [-0.3, -0.25) is 4.79 Å². The van der Waals surface area contributed by atoms with E-state index in [9.17, 15) is 4.79 Å². The zero-order valence-electron chi connectivity index (χ0n) is 12.9. The molecular weight excluding hydrogens is 246 g/mol. The van der Waals surface area contributed by atoms with Gasteiger partial charge in [0.25, 0.3) is 0 Å². The molecule has 0 aromatic carbocycles. The van der Waals surface area contributed by atoms with Gasteiger partial charge in [-0.25, -0.2) is 0 Å². The van der Waals surface area contributed by atoms with E-state index in [1.807, 2.05) is 13.8 Å². The van der Waals surface area contributed by atoms with Crippen molar-refractivity contribution in [2.24, 2.45) is 5.92 Å². The van der Waals surface area contributed by atoms with Gasteiger partial charge in [-0.05, 0) is 26.2 Å². The minimum Gasteiger partial charge on any atom is -0.468 e. The van der Waals surface area contributed by atoms with E-state index in [1.54, 1.807) is 0 Å². The highest BCUT2D eigenvalue weighted by Gasteiger charge is 2.20. The lowest BCUT2D eigenvalue weighted by Crippen LogP contribution is -2.40. The van der Waals surface area contributed by atoms with Crippen LogP contribution >= 0.6 is 0 Å². The zero-order chi connectivity index (χ0) is 14.7. The predicted molar refractivity (Wildman–Crippen MR) is 74.9 cm³/mol. The molecule has 1 N–H and O–H groups in total. The Hall–Kier alpha value is -0.650. The van der Waals surface area contributed by atoms with Crippen molar-refractivity contribution in [3.8, 4) is 0 Å². The Bertz CT molecular complexity index is 227. The van der Waals surface area contributed by atoms with Gasteiger partial charge < -0.3 is 19.5 Å². The Kier molecular flexibility index (Phi) is 10.8. The third-order valence-electron chi connectivity index (χ3n) is 2.67. The average Bonchev–Trinajstić information content (AvgIpc) is 2.36. The number of methoxy groups -OCH3 is 1. The minimum atomic E-state index is -0.256. The standard InChI is InChI=1S/C14H29NO4/c1-6-18-13(19-7-2)8-9-15-12(10-11(3)4)14(16)17-5/h11-13,15H,6-10H2,1-5H3. The summed E-state index contributed by atoms with van der Waals surface area (Å²) in [6, 6.07) is -0.256. The van der Waals surface area contributed by atoms with Crippen LogP contribution in [-0.2, 0) is 19.0 Å². The summed E-state index contributed by atoms with van der Waals surface area (Å²) in [6.45, 7) is 9.96. The fourth-order valence-electron chi connectivity index (χ4n) is 1.84.